The first-order chi connectivity index (χ1) is 7.20. The standard InChI is InChI=1S/C11H17IN2O/c1-8-6-11(12)13-14(8)9-4-3-5-10(7-9)15-2/h6,9-10H,3-5,7H2,1-2H3. The molecular weight excluding hydrogens is 303 g/mol. The Bertz CT molecular complexity index is 337. The van der Waals surface area contributed by atoms with Crippen LogP contribution in [0.4, 0.5) is 0 Å². The smallest absolute Gasteiger partial charge is 0.123 e. The normalized spacial score (nSPS) is 26.9. The first-order valence-electron chi connectivity index (χ1n) is 5.45. The fourth-order valence-corrected chi connectivity index (χ4v) is 3.06. The van der Waals surface area contributed by atoms with Gasteiger partial charge in [0.05, 0.1) is 12.1 Å². The first kappa shape index (κ1) is 11.4. The molecule has 0 amide bonds. The minimum absolute atomic E-state index is 0.421. The maximum absolute atomic E-state index is 5.45. The van der Waals surface area contributed by atoms with Gasteiger partial charge in [-0.15, -0.1) is 0 Å². The van der Waals surface area contributed by atoms with E-state index in [-0.39, 0.29) is 0 Å². The molecule has 3 nitrogen and oxygen atoms in total. The Morgan fingerprint density at radius 2 is 2.33 bits per heavy atom. The number of hydrogen-bond donors (Lipinski definition) is 0. The quantitative estimate of drug-likeness (QED) is 0.784. The van der Waals surface area contributed by atoms with E-state index < -0.39 is 0 Å². The van der Waals surface area contributed by atoms with Gasteiger partial charge in [0.2, 0.25) is 0 Å². The largest absolute Gasteiger partial charge is 0.381 e. The van der Waals surface area contributed by atoms with Gasteiger partial charge in [-0.1, -0.05) is 0 Å². The molecule has 2 rings (SSSR count). The van der Waals surface area contributed by atoms with Crippen molar-refractivity contribution < 1.29 is 4.74 Å². The molecule has 1 aromatic rings. The molecule has 1 fully saturated rings. The number of rotatable bonds is 2. The van der Waals surface area contributed by atoms with Crippen molar-refractivity contribution in [2.24, 2.45) is 0 Å². The highest BCUT2D eigenvalue weighted by molar-refractivity contribution is 14.1. The summed E-state index contributed by atoms with van der Waals surface area (Å²) in [6.45, 7) is 2.13. The lowest BCUT2D eigenvalue weighted by atomic mass is 9.93. The summed E-state index contributed by atoms with van der Waals surface area (Å²) in [5.74, 6) is 0. The third-order valence-electron chi connectivity index (χ3n) is 3.17. The van der Waals surface area contributed by atoms with Crippen LogP contribution in [-0.2, 0) is 4.74 Å². The molecule has 0 spiro atoms. The molecule has 0 saturated heterocycles. The van der Waals surface area contributed by atoms with Crippen LogP contribution in [0, 0.1) is 10.6 Å². The predicted octanol–water partition coefficient (Wildman–Crippen LogP) is 2.93. The van der Waals surface area contributed by atoms with E-state index in [2.05, 4.69) is 45.4 Å². The number of halogens is 1. The second kappa shape index (κ2) is 4.82. The lowest BCUT2D eigenvalue weighted by molar-refractivity contribution is 0.0504. The maximum Gasteiger partial charge on any atom is 0.123 e. The molecular formula is C11H17IN2O. The van der Waals surface area contributed by atoms with Gasteiger partial charge in [-0.05, 0) is 61.3 Å². The first-order valence-corrected chi connectivity index (χ1v) is 6.53. The summed E-state index contributed by atoms with van der Waals surface area (Å²) in [6, 6.07) is 2.67. The van der Waals surface area contributed by atoms with E-state index >= 15 is 0 Å². The average Bonchev–Trinajstić information content (AvgIpc) is 2.58. The summed E-state index contributed by atoms with van der Waals surface area (Å²) in [5.41, 5.74) is 1.26. The topological polar surface area (TPSA) is 27.1 Å². The Morgan fingerprint density at radius 1 is 1.53 bits per heavy atom. The number of aryl methyl sites for hydroxylation is 1. The molecule has 0 radical (unpaired) electrons. The van der Waals surface area contributed by atoms with Crippen molar-refractivity contribution in [3.05, 3.63) is 15.5 Å². The van der Waals surface area contributed by atoms with Crippen LogP contribution in [-0.4, -0.2) is 23.0 Å². The molecule has 4 heteroatoms. The van der Waals surface area contributed by atoms with E-state index in [1.165, 1.54) is 25.0 Å². The van der Waals surface area contributed by atoms with Crippen LogP contribution in [0.25, 0.3) is 0 Å². The van der Waals surface area contributed by atoms with E-state index in [0.29, 0.717) is 12.1 Å². The van der Waals surface area contributed by atoms with Gasteiger partial charge in [0.15, 0.2) is 0 Å². The van der Waals surface area contributed by atoms with E-state index in [1.54, 1.807) is 0 Å². The van der Waals surface area contributed by atoms with E-state index in [0.717, 1.165) is 10.1 Å². The highest BCUT2D eigenvalue weighted by atomic mass is 127. The number of ether oxygens (including phenoxy) is 1. The van der Waals surface area contributed by atoms with Crippen molar-refractivity contribution in [2.45, 2.75) is 44.8 Å². The van der Waals surface area contributed by atoms with Crippen molar-refractivity contribution >= 4 is 22.6 Å². The minimum Gasteiger partial charge on any atom is -0.381 e. The molecule has 0 N–H and O–H groups in total. The van der Waals surface area contributed by atoms with Crippen LogP contribution >= 0.6 is 22.6 Å². The summed E-state index contributed by atoms with van der Waals surface area (Å²) in [4.78, 5) is 0. The molecule has 1 aromatic heterocycles. The van der Waals surface area contributed by atoms with Gasteiger partial charge in [0.1, 0.15) is 3.70 Å². The molecule has 84 valence electrons. The van der Waals surface area contributed by atoms with E-state index in [4.69, 9.17) is 4.74 Å². The van der Waals surface area contributed by atoms with Gasteiger partial charge >= 0.3 is 0 Å². The average molecular weight is 320 g/mol. The molecule has 2 unspecified atom stereocenters. The zero-order valence-corrected chi connectivity index (χ0v) is 11.4. The molecule has 1 saturated carbocycles. The third-order valence-corrected chi connectivity index (χ3v) is 3.70. The fourth-order valence-electron chi connectivity index (χ4n) is 2.38. The summed E-state index contributed by atoms with van der Waals surface area (Å²) in [6.07, 6.45) is 5.21. The fraction of sp³-hybridized carbons (Fsp3) is 0.727. The number of nitrogens with zero attached hydrogens (tertiary/aromatic N) is 2. The molecule has 0 aromatic carbocycles. The Labute approximate surface area is 104 Å². The van der Waals surface area contributed by atoms with Crippen LogP contribution in [0.2, 0.25) is 0 Å². The maximum atomic E-state index is 5.45. The van der Waals surface area contributed by atoms with Gasteiger partial charge < -0.3 is 4.74 Å². The molecule has 2 atom stereocenters. The Morgan fingerprint density at radius 3 is 2.93 bits per heavy atom. The zero-order valence-electron chi connectivity index (χ0n) is 9.24. The van der Waals surface area contributed by atoms with Crippen molar-refractivity contribution in [1.29, 1.82) is 0 Å². The van der Waals surface area contributed by atoms with E-state index in [1.807, 2.05) is 7.11 Å². The second-order valence-electron chi connectivity index (χ2n) is 4.23. The van der Waals surface area contributed by atoms with Crippen molar-refractivity contribution in [3.63, 3.8) is 0 Å². The Balaban J connectivity index is 2.13. The Hall–Kier alpha value is -0.100. The van der Waals surface area contributed by atoms with Crippen LogP contribution in [0.1, 0.15) is 37.4 Å². The van der Waals surface area contributed by atoms with Crippen LogP contribution in [0.15, 0.2) is 6.07 Å². The number of methoxy groups -OCH3 is 1. The van der Waals surface area contributed by atoms with Crippen LogP contribution < -0.4 is 0 Å². The summed E-state index contributed by atoms with van der Waals surface area (Å²) in [7, 11) is 1.81. The SMILES string of the molecule is COC1CCCC(n2nc(I)cc2C)C1. The monoisotopic (exact) mass is 320 g/mol. The van der Waals surface area contributed by atoms with Crippen molar-refractivity contribution in [1.82, 2.24) is 9.78 Å². The highest BCUT2D eigenvalue weighted by Gasteiger charge is 2.24. The summed E-state index contributed by atoms with van der Waals surface area (Å²) < 4.78 is 8.71. The van der Waals surface area contributed by atoms with E-state index in [9.17, 15) is 0 Å². The van der Waals surface area contributed by atoms with Gasteiger partial charge in [-0.3, -0.25) is 4.68 Å². The third kappa shape index (κ3) is 2.53. The predicted molar refractivity (Wildman–Crippen MR) is 68.0 cm³/mol. The highest BCUT2D eigenvalue weighted by Crippen LogP contribution is 2.30. The second-order valence-corrected chi connectivity index (χ2v) is 5.34. The zero-order chi connectivity index (χ0) is 10.8. The van der Waals surface area contributed by atoms with Crippen LogP contribution in [0.5, 0.6) is 0 Å². The van der Waals surface area contributed by atoms with Gasteiger partial charge in [0, 0.05) is 12.8 Å². The lowest BCUT2D eigenvalue weighted by Crippen LogP contribution is -2.25. The van der Waals surface area contributed by atoms with Crippen molar-refractivity contribution in [2.75, 3.05) is 7.11 Å². The summed E-state index contributed by atoms with van der Waals surface area (Å²) in [5, 5.41) is 4.55. The minimum atomic E-state index is 0.421. The molecule has 1 heterocycles. The van der Waals surface area contributed by atoms with Crippen LogP contribution in [0.3, 0.4) is 0 Å². The number of aromatic nitrogens is 2. The lowest BCUT2D eigenvalue weighted by Gasteiger charge is -2.29. The molecule has 0 bridgehead atoms. The van der Waals surface area contributed by atoms with Gasteiger partial charge in [0.25, 0.3) is 0 Å². The molecule has 1 aliphatic rings. The summed E-state index contributed by atoms with van der Waals surface area (Å²) >= 11 is 2.27. The molecule has 1 aliphatic carbocycles. The number of hydrogen-bond acceptors (Lipinski definition) is 2. The van der Waals surface area contributed by atoms with Crippen molar-refractivity contribution in [3.8, 4) is 0 Å². The Kier molecular flexibility index (Phi) is 3.66. The molecule has 0 aliphatic heterocycles. The van der Waals surface area contributed by atoms with Gasteiger partial charge in [-0.25, -0.2) is 0 Å². The molecule has 15 heavy (non-hydrogen) atoms. The van der Waals surface area contributed by atoms with Gasteiger partial charge in [-0.2, -0.15) is 5.10 Å².